The number of benzene rings is 1. The van der Waals surface area contributed by atoms with Gasteiger partial charge in [-0.25, -0.2) is 4.79 Å². The number of hydrogen-bond acceptors (Lipinski definition) is 2. The Kier molecular flexibility index (Phi) is 2.92. The second-order valence-corrected chi connectivity index (χ2v) is 4.18. The fourth-order valence-corrected chi connectivity index (χ4v) is 2.02. The molecule has 1 aromatic carbocycles. The second-order valence-electron chi connectivity index (χ2n) is 3.78. The predicted molar refractivity (Wildman–Crippen MR) is 61.9 cm³/mol. The first kappa shape index (κ1) is 11.1. The van der Waals surface area contributed by atoms with Crippen molar-refractivity contribution in [3.05, 3.63) is 28.8 Å². The lowest BCUT2D eigenvalue weighted by atomic mass is 10.1. The highest BCUT2D eigenvalue weighted by Crippen LogP contribution is 2.29. The van der Waals surface area contributed by atoms with E-state index in [1.165, 1.54) is 0 Å². The van der Waals surface area contributed by atoms with Gasteiger partial charge in [-0.2, -0.15) is 0 Å². The molecule has 1 aliphatic heterocycles. The molecule has 0 saturated carbocycles. The van der Waals surface area contributed by atoms with Gasteiger partial charge in [-0.3, -0.25) is 0 Å². The molecule has 0 aliphatic carbocycles. The SMILES string of the molecule is COc1ccc(C2CN(C)C(=O)N2)cc1Cl. The Morgan fingerprint density at radius 1 is 1.56 bits per heavy atom. The molecule has 1 aliphatic rings. The van der Waals surface area contributed by atoms with Crippen LogP contribution in [0.5, 0.6) is 5.75 Å². The first-order chi connectivity index (χ1) is 7.61. The molecule has 2 amide bonds. The van der Waals surface area contributed by atoms with Crippen LogP contribution in [0.25, 0.3) is 0 Å². The maximum Gasteiger partial charge on any atom is 0.317 e. The van der Waals surface area contributed by atoms with Crippen molar-refractivity contribution in [1.29, 1.82) is 0 Å². The second kappa shape index (κ2) is 4.22. The van der Waals surface area contributed by atoms with Gasteiger partial charge in [0, 0.05) is 13.6 Å². The van der Waals surface area contributed by atoms with E-state index in [1.54, 1.807) is 19.1 Å². The number of nitrogens with one attached hydrogen (secondary N) is 1. The van der Waals surface area contributed by atoms with Crippen LogP contribution in [0.15, 0.2) is 18.2 Å². The van der Waals surface area contributed by atoms with Crippen LogP contribution in [-0.2, 0) is 0 Å². The molecule has 1 heterocycles. The van der Waals surface area contributed by atoms with Crippen LogP contribution in [0.4, 0.5) is 4.79 Å². The minimum atomic E-state index is -0.0584. The zero-order chi connectivity index (χ0) is 11.7. The molecule has 1 unspecified atom stereocenters. The molecular weight excluding hydrogens is 228 g/mol. The van der Waals surface area contributed by atoms with E-state index in [0.717, 1.165) is 5.56 Å². The first-order valence-corrected chi connectivity index (χ1v) is 5.34. The van der Waals surface area contributed by atoms with E-state index in [1.807, 2.05) is 18.2 Å². The van der Waals surface area contributed by atoms with E-state index in [0.29, 0.717) is 17.3 Å². The monoisotopic (exact) mass is 240 g/mol. The molecule has 0 aromatic heterocycles. The van der Waals surface area contributed by atoms with Gasteiger partial charge in [-0.15, -0.1) is 0 Å². The number of urea groups is 1. The number of methoxy groups -OCH3 is 1. The molecule has 1 fully saturated rings. The van der Waals surface area contributed by atoms with Gasteiger partial charge in [0.25, 0.3) is 0 Å². The summed E-state index contributed by atoms with van der Waals surface area (Å²) >= 11 is 6.03. The molecule has 1 saturated heterocycles. The Morgan fingerprint density at radius 2 is 2.31 bits per heavy atom. The van der Waals surface area contributed by atoms with Crippen molar-refractivity contribution in [2.45, 2.75) is 6.04 Å². The lowest BCUT2D eigenvalue weighted by molar-refractivity contribution is 0.226. The highest BCUT2D eigenvalue weighted by atomic mass is 35.5. The lowest BCUT2D eigenvalue weighted by Gasteiger charge is -2.11. The van der Waals surface area contributed by atoms with Gasteiger partial charge >= 0.3 is 6.03 Å². The van der Waals surface area contributed by atoms with E-state index in [-0.39, 0.29) is 12.1 Å². The van der Waals surface area contributed by atoms with Gasteiger partial charge in [-0.05, 0) is 17.7 Å². The number of likely N-dealkylation sites (N-methyl/N-ethyl adjacent to an activating group) is 1. The molecule has 5 heteroatoms. The van der Waals surface area contributed by atoms with Crippen LogP contribution < -0.4 is 10.1 Å². The summed E-state index contributed by atoms with van der Waals surface area (Å²) in [5, 5.41) is 3.43. The van der Waals surface area contributed by atoms with Gasteiger partial charge in [0.2, 0.25) is 0 Å². The lowest BCUT2D eigenvalue weighted by Crippen LogP contribution is -2.23. The molecule has 1 aromatic rings. The Balaban J connectivity index is 2.22. The van der Waals surface area contributed by atoms with E-state index in [2.05, 4.69) is 5.32 Å². The summed E-state index contributed by atoms with van der Waals surface area (Å²) in [6.07, 6.45) is 0. The largest absolute Gasteiger partial charge is 0.495 e. The third-order valence-corrected chi connectivity index (χ3v) is 2.97. The van der Waals surface area contributed by atoms with E-state index >= 15 is 0 Å². The average Bonchev–Trinajstić information content (AvgIpc) is 2.59. The van der Waals surface area contributed by atoms with Gasteiger partial charge in [0.1, 0.15) is 5.75 Å². The Labute approximate surface area is 99.1 Å². The van der Waals surface area contributed by atoms with Crippen LogP contribution >= 0.6 is 11.6 Å². The van der Waals surface area contributed by atoms with Gasteiger partial charge in [-0.1, -0.05) is 17.7 Å². The predicted octanol–water partition coefficient (Wildman–Crippen LogP) is 2.04. The third kappa shape index (κ3) is 1.93. The molecule has 16 heavy (non-hydrogen) atoms. The number of nitrogens with zero attached hydrogens (tertiary/aromatic N) is 1. The van der Waals surface area contributed by atoms with Gasteiger partial charge in [0.15, 0.2) is 0 Å². The van der Waals surface area contributed by atoms with Crippen molar-refractivity contribution in [3.63, 3.8) is 0 Å². The Bertz CT molecular complexity index is 422. The number of rotatable bonds is 2. The summed E-state index contributed by atoms with van der Waals surface area (Å²) in [6, 6.07) is 5.49. The normalized spacial score (nSPS) is 19.8. The number of amides is 2. The maximum atomic E-state index is 11.3. The number of ether oxygens (including phenoxy) is 1. The van der Waals surface area contributed by atoms with Crippen LogP contribution in [0.3, 0.4) is 0 Å². The van der Waals surface area contributed by atoms with Crippen LogP contribution in [0.2, 0.25) is 5.02 Å². The molecule has 0 spiro atoms. The van der Waals surface area contributed by atoms with Crippen molar-refractivity contribution < 1.29 is 9.53 Å². The fraction of sp³-hybridized carbons (Fsp3) is 0.364. The van der Waals surface area contributed by atoms with E-state index in [4.69, 9.17) is 16.3 Å². The molecule has 2 rings (SSSR count). The highest BCUT2D eigenvalue weighted by Gasteiger charge is 2.27. The van der Waals surface area contributed by atoms with Gasteiger partial charge < -0.3 is 15.0 Å². The smallest absolute Gasteiger partial charge is 0.317 e. The van der Waals surface area contributed by atoms with Crippen molar-refractivity contribution in [3.8, 4) is 5.75 Å². The van der Waals surface area contributed by atoms with E-state index in [9.17, 15) is 4.79 Å². The number of halogens is 1. The van der Waals surface area contributed by atoms with Crippen molar-refractivity contribution in [1.82, 2.24) is 10.2 Å². The van der Waals surface area contributed by atoms with Crippen LogP contribution in [0.1, 0.15) is 11.6 Å². The minimum Gasteiger partial charge on any atom is -0.495 e. The standard InChI is InChI=1S/C11H13ClN2O2/c1-14-6-9(13-11(14)15)7-3-4-10(16-2)8(12)5-7/h3-5,9H,6H2,1-2H3,(H,13,15). The zero-order valence-electron chi connectivity index (χ0n) is 9.16. The summed E-state index contributed by atoms with van der Waals surface area (Å²) in [5.74, 6) is 0.642. The molecule has 4 nitrogen and oxygen atoms in total. The summed E-state index contributed by atoms with van der Waals surface area (Å²) in [6.45, 7) is 0.654. The highest BCUT2D eigenvalue weighted by molar-refractivity contribution is 6.32. The molecule has 1 N–H and O–H groups in total. The number of carbonyl (C=O) groups is 1. The summed E-state index contributed by atoms with van der Waals surface area (Å²) in [4.78, 5) is 13.0. The summed E-state index contributed by atoms with van der Waals surface area (Å²) in [5.41, 5.74) is 0.989. The van der Waals surface area contributed by atoms with Crippen LogP contribution in [-0.4, -0.2) is 31.6 Å². The zero-order valence-corrected chi connectivity index (χ0v) is 9.91. The summed E-state index contributed by atoms with van der Waals surface area (Å²) < 4.78 is 5.08. The Hall–Kier alpha value is -1.42. The minimum absolute atomic E-state index is 0.000839. The van der Waals surface area contributed by atoms with Gasteiger partial charge in [0.05, 0.1) is 18.2 Å². The molecule has 0 bridgehead atoms. The molecule has 1 atom stereocenters. The van der Waals surface area contributed by atoms with E-state index < -0.39 is 0 Å². The fourth-order valence-electron chi connectivity index (χ4n) is 1.75. The molecule has 0 radical (unpaired) electrons. The third-order valence-electron chi connectivity index (χ3n) is 2.68. The summed E-state index contributed by atoms with van der Waals surface area (Å²) in [7, 11) is 3.34. The van der Waals surface area contributed by atoms with Crippen molar-refractivity contribution >= 4 is 17.6 Å². The molecule has 86 valence electrons. The van der Waals surface area contributed by atoms with Crippen LogP contribution in [0, 0.1) is 0 Å². The maximum absolute atomic E-state index is 11.3. The van der Waals surface area contributed by atoms with Crippen molar-refractivity contribution in [2.24, 2.45) is 0 Å². The quantitative estimate of drug-likeness (QED) is 0.860. The first-order valence-electron chi connectivity index (χ1n) is 4.97. The van der Waals surface area contributed by atoms with Crippen molar-refractivity contribution in [2.75, 3.05) is 20.7 Å². The number of carbonyl (C=O) groups excluding carboxylic acids is 1. The topological polar surface area (TPSA) is 41.6 Å². The molecular formula is C11H13ClN2O2. The Morgan fingerprint density at radius 3 is 2.81 bits per heavy atom. The number of hydrogen-bond donors (Lipinski definition) is 1. The average molecular weight is 241 g/mol.